The molecule has 0 saturated carbocycles. The van der Waals surface area contributed by atoms with Gasteiger partial charge in [0.25, 0.3) is 0 Å². The Labute approximate surface area is 154 Å². The summed E-state index contributed by atoms with van der Waals surface area (Å²) in [4.78, 5) is 13.5. The summed E-state index contributed by atoms with van der Waals surface area (Å²) in [6.07, 6.45) is 0. The lowest BCUT2D eigenvalue weighted by atomic mass is 10.1. The van der Waals surface area contributed by atoms with Crippen molar-refractivity contribution >= 4 is 21.8 Å². The first-order chi connectivity index (χ1) is 12.0. The topological polar surface area (TPSA) is 72.7 Å². The van der Waals surface area contributed by atoms with Crippen LogP contribution in [-0.4, -0.2) is 26.1 Å². The predicted octanol–water partition coefficient (Wildman–Crippen LogP) is 3.29. The van der Waals surface area contributed by atoms with Crippen LogP contribution in [0.15, 0.2) is 53.0 Å². The van der Waals surface area contributed by atoms with Crippen molar-refractivity contribution in [3.05, 3.63) is 64.1 Å². The molecule has 1 atom stereocenters. The van der Waals surface area contributed by atoms with Gasteiger partial charge in [0.05, 0.1) is 6.04 Å². The normalized spacial score (nSPS) is 12.0. The van der Waals surface area contributed by atoms with E-state index in [4.69, 9.17) is 0 Å². The summed E-state index contributed by atoms with van der Waals surface area (Å²) in [5.41, 5.74) is 3.01. The number of halogens is 1. The number of amides is 1. The summed E-state index contributed by atoms with van der Waals surface area (Å²) in [5, 5.41) is 15.3. The van der Waals surface area contributed by atoms with Gasteiger partial charge in [-0.2, -0.15) is 4.80 Å². The molecule has 25 heavy (non-hydrogen) atoms. The molecule has 1 aromatic heterocycles. The van der Waals surface area contributed by atoms with Gasteiger partial charge in [0.1, 0.15) is 6.54 Å². The Kier molecular flexibility index (Phi) is 5.23. The third kappa shape index (κ3) is 4.30. The van der Waals surface area contributed by atoms with Gasteiger partial charge in [-0.05, 0) is 42.3 Å². The van der Waals surface area contributed by atoms with Crippen LogP contribution in [0.1, 0.15) is 24.1 Å². The third-order valence-electron chi connectivity index (χ3n) is 3.87. The molecule has 0 aliphatic heterocycles. The van der Waals surface area contributed by atoms with Crippen molar-refractivity contribution in [2.75, 3.05) is 0 Å². The van der Waals surface area contributed by atoms with Gasteiger partial charge < -0.3 is 5.32 Å². The number of aryl methyl sites for hydroxylation is 1. The van der Waals surface area contributed by atoms with E-state index in [9.17, 15) is 4.79 Å². The second kappa shape index (κ2) is 7.57. The van der Waals surface area contributed by atoms with Crippen molar-refractivity contribution in [1.82, 2.24) is 25.5 Å². The molecule has 0 aliphatic rings. The van der Waals surface area contributed by atoms with Crippen LogP contribution < -0.4 is 5.32 Å². The van der Waals surface area contributed by atoms with Gasteiger partial charge in [0.2, 0.25) is 11.7 Å². The van der Waals surface area contributed by atoms with E-state index < -0.39 is 0 Å². The van der Waals surface area contributed by atoms with Crippen LogP contribution in [-0.2, 0) is 11.3 Å². The molecule has 0 radical (unpaired) electrons. The third-order valence-corrected chi connectivity index (χ3v) is 4.40. The molecule has 0 saturated heterocycles. The van der Waals surface area contributed by atoms with Gasteiger partial charge in [-0.1, -0.05) is 52.3 Å². The lowest BCUT2D eigenvalue weighted by molar-refractivity contribution is -0.122. The maximum absolute atomic E-state index is 12.2. The molecular weight excluding hydrogens is 382 g/mol. The Balaban J connectivity index is 1.64. The zero-order valence-corrected chi connectivity index (χ0v) is 15.6. The fraction of sp³-hybridized carbons (Fsp3) is 0.222. The van der Waals surface area contributed by atoms with Gasteiger partial charge >= 0.3 is 0 Å². The molecule has 0 fully saturated rings. The van der Waals surface area contributed by atoms with Crippen LogP contribution in [0.4, 0.5) is 0 Å². The zero-order chi connectivity index (χ0) is 17.8. The second-order valence-corrected chi connectivity index (χ2v) is 6.71. The van der Waals surface area contributed by atoms with E-state index >= 15 is 0 Å². The highest BCUT2D eigenvalue weighted by Crippen LogP contribution is 2.18. The molecule has 128 valence electrons. The van der Waals surface area contributed by atoms with Crippen LogP contribution in [0, 0.1) is 6.92 Å². The van der Waals surface area contributed by atoms with E-state index in [1.165, 1.54) is 4.80 Å². The SMILES string of the molecule is Cc1ccccc1-c1nnn(CC(=O)N[C@@H](C)c2ccc(Br)cc2)n1. The van der Waals surface area contributed by atoms with Crippen LogP contribution >= 0.6 is 15.9 Å². The Morgan fingerprint density at radius 1 is 1.20 bits per heavy atom. The quantitative estimate of drug-likeness (QED) is 0.714. The van der Waals surface area contributed by atoms with E-state index in [1.807, 2.05) is 62.4 Å². The first-order valence-corrected chi connectivity index (χ1v) is 8.71. The van der Waals surface area contributed by atoms with E-state index in [-0.39, 0.29) is 18.5 Å². The summed E-state index contributed by atoms with van der Waals surface area (Å²) in [5.74, 6) is 0.357. The number of hydrogen-bond donors (Lipinski definition) is 1. The van der Waals surface area contributed by atoms with Crippen molar-refractivity contribution < 1.29 is 4.79 Å². The van der Waals surface area contributed by atoms with Crippen molar-refractivity contribution in [2.24, 2.45) is 0 Å². The minimum absolute atomic E-state index is 0.0275. The highest BCUT2D eigenvalue weighted by atomic mass is 79.9. The lowest BCUT2D eigenvalue weighted by Gasteiger charge is -2.14. The molecule has 3 rings (SSSR count). The molecule has 2 aromatic carbocycles. The Morgan fingerprint density at radius 2 is 1.92 bits per heavy atom. The number of rotatable bonds is 5. The van der Waals surface area contributed by atoms with Crippen molar-refractivity contribution in [3.8, 4) is 11.4 Å². The molecule has 3 aromatic rings. The van der Waals surface area contributed by atoms with Crippen LogP contribution in [0.3, 0.4) is 0 Å². The van der Waals surface area contributed by atoms with Crippen LogP contribution in [0.25, 0.3) is 11.4 Å². The number of nitrogens with zero attached hydrogens (tertiary/aromatic N) is 4. The molecule has 7 heteroatoms. The van der Waals surface area contributed by atoms with E-state index in [2.05, 4.69) is 36.7 Å². The summed E-state index contributed by atoms with van der Waals surface area (Å²) >= 11 is 3.40. The number of carbonyl (C=O) groups excluding carboxylic acids is 1. The van der Waals surface area contributed by atoms with Crippen molar-refractivity contribution in [3.63, 3.8) is 0 Å². The van der Waals surface area contributed by atoms with E-state index in [1.54, 1.807) is 0 Å². The first-order valence-electron chi connectivity index (χ1n) is 7.91. The van der Waals surface area contributed by atoms with Crippen LogP contribution in [0.5, 0.6) is 0 Å². The summed E-state index contributed by atoms with van der Waals surface area (Å²) in [7, 11) is 0. The fourth-order valence-electron chi connectivity index (χ4n) is 2.49. The van der Waals surface area contributed by atoms with Gasteiger partial charge in [0.15, 0.2) is 0 Å². The lowest BCUT2D eigenvalue weighted by Crippen LogP contribution is -2.30. The minimum Gasteiger partial charge on any atom is -0.348 e. The molecule has 1 N–H and O–H groups in total. The number of hydrogen-bond acceptors (Lipinski definition) is 4. The molecule has 0 bridgehead atoms. The van der Waals surface area contributed by atoms with Gasteiger partial charge in [-0.25, -0.2) is 0 Å². The Bertz CT molecular complexity index is 875. The monoisotopic (exact) mass is 399 g/mol. The summed E-state index contributed by atoms with van der Waals surface area (Å²) in [6.45, 7) is 3.96. The highest BCUT2D eigenvalue weighted by molar-refractivity contribution is 9.10. The maximum Gasteiger partial charge on any atom is 0.244 e. The average Bonchev–Trinajstić information content (AvgIpc) is 3.03. The summed E-state index contributed by atoms with van der Waals surface area (Å²) < 4.78 is 1.00. The smallest absolute Gasteiger partial charge is 0.244 e. The van der Waals surface area contributed by atoms with Gasteiger partial charge in [0, 0.05) is 10.0 Å². The van der Waals surface area contributed by atoms with Gasteiger partial charge in [-0.15, -0.1) is 10.2 Å². The number of nitrogens with one attached hydrogen (secondary N) is 1. The average molecular weight is 400 g/mol. The van der Waals surface area contributed by atoms with Crippen molar-refractivity contribution in [2.45, 2.75) is 26.4 Å². The molecule has 0 aliphatic carbocycles. The van der Waals surface area contributed by atoms with Gasteiger partial charge in [-0.3, -0.25) is 4.79 Å². The molecular formula is C18H18BrN5O. The highest BCUT2D eigenvalue weighted by Gasteiger charge is 2.13. The van der Waals surface area contributed by atoms with Crippen LogP contribution in [0.2, 0.25) is 0 Å². The number of carbonyl (C=O) groups is 1. The predicted molar refractivity (Wildman–Crippen MR) is 98.7 cm³/mol. The van der Waals surface area contributed by atoms with Crippen molar-refractivity contribution in [1.29, 1.82) is 0 Å². The largest absolute Gasteiger partial charge is 0.348 e. The standard InChI is InChI=1S/C18H18BrN5O/c1-12-5-3-4-6-16(12)18-21-23-24(22-18)11-17(25)20-13(2)14-7-9-15(19)10-8-14/h3-10,13H,11H2,1-2H3,(H,20,25)/t13-/m0/s1. The molecule has 0 spiro atoms. The van der Waals surface area contributed by atoms with E-state index in [0.717, 1.165) is 21.2 Å². The Morgan fingerprint density at radius 3 is 2.64 bits per heavy atom. The zero-order valence-electron chi connectivity index (χ0n) is 14.0. The molecule has 6 nitrogen and oxygen atoms in total. The maximum atomic E-state index is 12.2. The molecule has 1 heterocycles. The summed E-state index contributed by atoms with van der Waals surface area (Å²) in [6, 6.07) is 15.6. The van der Waals surface area contributed by atoms with E-state index in [0.29, 0.717) is 5.82 Å². The molecule has 0 unspecified atom stereocenters. The number of benzene rings is 2. The Hall–Kier alpha value is -2.54. The molecule has 1 amide bonds. The first kappa shape index (κ1) is 17.3. The number of aromatic nitrogens is 4. The number of tetrazole rings is 1. The fourth-order valence-corrected chi connectivity index (χ4v) is 2.76. The second-order valence-electron chi connectivity index (χ2n) is 5.80. The minimum atomic E-state index is -0.163.